The summed E-state index contributed by atoms with van der Waals surface area (Å²) in [5, 5.41) is 2.27. The number of nitrogens with two attached hydrogens (primary N) is 1. The molecule has 0 spiro atoms. The number of aromatic nitrogens is 3. The zero-order chi connectivity index (χ0) is 13.5. The number of pyridine rings is 1. The number of fused-ring (bicyclic) bond motifs is 2. The van der Waals surface area contributed by atoms with Crippen molar-refractivity contribution < 1.29 is 0 Å². The van der Waals surface area contributed by atoms with Crippen LogP contribution in [0, 0.1) is 0 Å². The van der Waals surface area contributed by atoms with E-state index < -0.39 is 0 Å². The molecule has 0 aliphatic heterocycles. The van der Waals surface area contributed by atoms with Gasteiger partial charge in [-0.25, -0.2) is 9.97 Å². The molecule has 0 amide bonds. The molecular formula is C16H12N4. The minimum absolute atomic E-state index is 0.704. The number of hydrogen-bond acceptors (Lipinski definition) is 3. The van der Waals surface area contributed by atoms with Crippen LogP contribution in [0.3, 0.4) is 0 Å². The molecule has 4 nitrogen and oxygen atoms in total. The largest absolute Gasteiger partial charge is 0.398 e. The lowest BCUT2D eigenvalue weighted by Gasteiger charge is -2.05. The van der Waals surface area contributed by atoms with Gasteiger partial charge in [0.1, 0.15) is 5.82 Å². The van der Waals surface area contributed by atoms with E-state index in [1.807, 2.05) is 30.3 Å². The van der Waals surface area contributed by atoms with Gasteiger partial charge < -0.3 is 10.7 Å². The highest BCUT2D eigenvalue weighted by atomic mass is 15.0. The van der Waals surface area contributed by atoms with Gasteiger partial charge in [0.2, 0.25) is 0 Å². The molecule has 20 heavy (non-hydrogen) atoms. The Hall–Kier alpha value is -2.88. The highest BCUT2D eigenvalue weighted by molar-refractivity contribution is 5.93. The Labute approximate surface area is 115 Å². The predicted molar refractivity (Wildman–Crippen MR) is 81.2 cm³/mol. The van der Waals surface area contributed by atoms with Crippen LogP contribution in [-0.4, -0.2) is 15.0 Å². The molecule has 0 aliphatic carbocycles. The Morgan fingerprint density at radius 2 is 1.75 bits per heavy atom. The van der Waals surface area contributed by atoms with E-state index in [1.165, 1.54) is 0 Å². The number of hydrogen-bond donors (Lipinski definition) is 2. The van der Waals surface area contributed by atoms with Crippen molar-refractivity contribution in [2.75, 3.05) is 5.73 Å². The van der Waals surface area contributed by atoms with Crippen LogP contribution in [0.25, 0.3) is 33.3 Å². The van der Waals surface area contributed by atoms with E-state index in [9.17, 15) is 0 Å². The third-order valence-corrected chi connectivity index (χ3v) is 3.43. The van der Waals surface area contributed by atoms with Crippen molar-refractivity contribution in [3.8, 4) is 11.4 Å². The number of rotatable bonds is 1. The van der Waals surface area contributed by atoms with Crippen molar-refractivity contribution in [1.29, 1.82) is 0 Å². The summed E-state index contributed by atoms with van der Waals surface area (Å²) in [5.74, 6) is 0.752. The smallest absolute Gasteiger partial charge is 0.178 e. The quantitative estimate of drug-likeness (QED) is 0.516. The van der Waals surface area contributed by atoms with Crippen LogP contribution < -0.4 is 5.73 Å². The fourth-order valence-corrected chi connectivity index (χ4v) is 2.44. The third-order valence-electron chi connectivity index (χ3n) is 3.43. The van der Waals surface area contributed by atoms with Gasteiger partial charge in [-0.3, -0.25) is 0 Å². The number of nitrogens with zero attached hydrogens (tertiary/aromatic N) is 2. The number of aromatic amines is 1. The van der Waals surface area contributed by atoms with Crippen LogP contribution in [0.2, 0.25) is 0 Å². The maximum Gasteiger partial charge on any atom is 0.178 e. The van der Waals surface area contributed by atoms with E-state index in [1.54, 1.807) is 6.20 Å². The molecular weight excluding hydrogens is 248 g/mol. The first-order valence-corrected chi connectivity index (χ1v) is 6.41. The lowest BCUT2D eigenvalue weighted by Crippen LogP contribution is -1.91. The van der Waals surface area contributed by atoms with Gasteiger partial charge in [0.15, 0.2) is 5.65 Å². The molecule has 3 N–H and O–H groups in total. The van der Waals surface area contributed by atoms with E-state index in [0.29, 0.717) is 11.3 Å². The molecule has 0 saturated carbocycles. The standard InChI is InChI=1S/C16H12N4/c17-13-9-11-5-2-1-4-10(11)8-12(13)15-19-14-6-3-7-18-16(14)20-15/h1-9H,17H2,(H,18,19,20). The number of nitrogens with one attached hydrogen (secondary N) is 1. The second-order valence-corrected chi connectivity index (χ2v) is 4.75. The molecule has 0 fully saturated rings. The number of H-pyrrole nitrogens is 1. The Kier molecular flexibility index (Phi) is 2.23. The van der Waals surface area contributed by atoms with Gasteiger partial charge in [0.05, 0.1) is 5.52 Å². The first kappa shape index (κ1) is 11.0. The van der Waals surface area contributed by atoms with E-state index >= 15 is 0 Å². The SMILES string of the molecule is Nc1cc2ccccc2cc1-c1nc2ncccc2[nH]1. The Morgan fingerprint density at radius 1 is 0.950 bits per heavy atom. The molecule has 4 heteroatoms. The molecule has 0 bridgehead atoms. The molecule has 2 aromatic heterocycles. The van der Waals surface area contributed by atoms with Crippen LogP contribution in [0.5, 0.6) is 0 Å². The summed E-state index contributed by atoms with van der Waals surface area (Å²) in [7, 11) is 0. The lowest BCUT2D eigenvalue weighted by atomic mass is 10.0. The second-order valence-electron chi connectivity index (χ2n) is 4.75. The van der Waals surface area contributed by atoms with E-state index in [2.05, 4.69) is 33.2 Å². The summed E-state index contributed by atoms with van der Waals surface area (Å²) < 4.78 is 0. The van der Waals surface area contributed by atoms with Gasteiger partial charge in [-0.15, -0.1) is 0 Å². The maximum absolute atomic E-state index is 6.16. The van der Waals surface area contributed by atoms with Crippen molar-refractivity contribution in [2.24, 2.45) is 0 Å². The maximum atomic E-state index is 6.16. The number of imidazole rings is 1. The van der Waals surface area contributed by atoms with Crippen LogP contribution in [-0.2, 0) is 0 Å². The minimum atomic E-state index is 0.704. The molecule has 0 radical (unpaired) electrons. The summed E-state index contributed by atoms with van der Waals surface area (Å²) in [5.41, 5.74) is 9.39. The number of nitrogen functional groups attached to an aromatic ring is 1. The summed E-state index contributed by atoms with van der Waals surface area (Å²) in [6.45, 7) is 0. The van der Waals surface area contributed by atoms with Crippen molar-refractivity contribution in [3.05, 3.63) is 54.7 Å². The highest BCUT2D eigenvalue weighted by Gasteiger charge is 2.10. The Bertz CT molecular complexity index is 891. The van der Waals surface area contributed by atoms with Gasteiger partial charge in [0, 0.05) is 17.4 Å². The summed E-state index contributed by atoms with van der Waals surface area (Å²) >= 11 is 0. The van der Waals surface area contributed by atoms with Gasteiger partial charge in [-0.05, 0) is 35.0 Å². The fraction of sp³-hybridized carbons (Fsp3) is 0. The zero-order valence-electron chi connectivity index (χ0n) is 10.7. The summed E-state index contributed by atoms with van der Waals surface area (Å²) in [4.78, 5) is 12.0. The first-order valence-electron chi connectivity index (χ1n) is 6.41. The van der Waals surface area contributed by atoms with Crippen molar-refractivity contribution in [1.82, 2.24) is 15.0 Å². The molecule has 96 valence electrons. The average molecular weight is 260 g/mol. The second kappa shape index (κ2) is 4.06. The van der Waals surface area contributed by atoms with Crippen LogP contribution in [0.4, 0.5) is 5.69 Å². The topological polar surface area (TPSA) is 67.6 Å². The first-order chi connectivity index (χ1) is 9.81. The molecule has 0 saturated heterocycles. The molecule has 2 aromatic carbocycles. The molecule has 0 aliphatic rings. The van der Waals surface area contributed by atoms with E-state index in [0.717, 1.165) is 27.7 Å². The summed E-state index contributed by atoms with van der Waals surface area (Å²) in [6, 6.07) is 16.0. The van der Waals surface area contributed by atoms with E-state index in [4.69, 9.17) is 5.73 Å². The monoisotopic (exact) mass is 260 g/mol. The van der Waals surface area contributed by atoms with Crippen molar-refractivity contribution >= 4 is 27.6 Å². The van der Waals surface area contributed by atoms with Gasteiger partial charge in [-0.2, -0.15) is 0 Å². The van der Waals surface area contributed by atoms with Crippen LogP contribution in [0.1, 0.15) is 0 Å². The van der Waals surface area contributed by atoms with Gasteiger partial charge in [-0.1, -0.05) is 24.3 Å². The summed E-state index contributed by atoms with van der Waals surface area (Å²) in [6.07, 6.45) is 1.73. The van der Waals surface area contributed by atoms with Crippen LogP contribution in [0.15, 0.2) is 54.7 Å². The fourth-order valence-electron chi connectivity index (χ4n) is 2.44. The molecule has 4 aromatic rings. The van der Waals surface area contributed by atoms with Crippen molar-refractivity contribution in [2.45, 2.75) is 0 Å². The molecule has 0 atom stereocenters. The predicted octanol–water partition coefficient (Wildman–Crippen LogP) is 3.36. The highest BCUT2D eigenvalue weighted by Crippen LogP contribution is 2.29. The van der Waals surface area contributed by atoms with Crippen LogP contribution >= 0.6 is 0 Å². The van der Waals surface area contributed by atoms with E-state index in [-0.39, 0.29) is 0 Å². The lowest BCUT2D eigenvalue weighted by molar-refractivity contribution is 1.30. The molecule has 2 heterocycles. The number of benzene rings is 2. The molecule has 4 rings (SSSR count). The molecule has 0 unspecified atom stereocenters. The average Bonchev–Trinajstić information content (AvgIpc) is 2.90. The number of anilines is 1. The van der Waals surface area contributed by atoms with Gasteiger partial charge >= 0.3 is 0 Å². The minimum Gasteiger partial charge on any atom is -0.398 e. The normalized spacial score (nSPS) is 11.2. The van der Waals surface area contributed by atoms with Gasteiger partial charge in [0.25, 0.3) is 0 Å². The zero-order valence-corrected chi connectivity index (χ0v) is 10.7. The third kappa shape index (κ3) is 1.62. The Balaban J connectivity index is 1.98. The van der Waals surface area contributed by atoms with Crippen molar-refractivity contribution in [3.63, 3.8) is 0 Å². The Morgan fingerprint density at radius 3 is 2.55 bits per heavy atom.